The van der Waals surface area contributed by atoms with E-state index in [9.17, 15) is 9.59 Å². The third-order valence-corrected chi connectivity index (χ3v) is 3.07. The highest BCUT2D eigenvalue weighted by molar-refractivity contribution is 5.96. The number of rotatable bonds is 3. The number of carboxylic acid groups (broad SMARTS) is 1. The molecule has 0 radical (unpaired) electrons. The molecule has 4 nitrogen and oxygen atoms in total. The van der Waals surface area contributed by atoms with Crippen molar-refractivity contribution in [3.63, 3.8) is 0 Å². The maximum atomic E-state index is 11.9. The Morgan fingerprint density at radius 3 is 2.89 bits per heavy atom. The number of hydrogen-bond donors (Lipinski definition) is 1. The lowest BCUT2D eigenvalue weighted by molar-refractivity contribution is -0.117. The van der Waals surface area contributed by atoms with Gasteiger partial charge in [-0.1, -0.05) is 6.08 Å². The van der Waals surface area contributed by atoms with Crippen molar-refractivity contribution >= 4 is 17.6 Å². The predicted molar refractivity (Wildman–Crippen MR) is 68.9 cm³/mol. The van der Waals surface area contributed by atoms with Gasteiger partial charge in [-0.05, 0) is 36.6 Å². The van der Waals surface area contributed by atoms with Gasteiger partial charge >= 0.3 is 5.97 Å². The van der Waals surface area contributed by atoms with E-state index in [4.69, 9.17) is 5.11 Å². The summed E-state index contributed by atoms with van der Waals surface area (Å²) < 4.78 is 0. The van der Waals surface area contributed by atoms with Crippen molar-refractivity contribution in [2.45, 2.75) is 19.3 Å². The molecule has 4 heteroatoms. The molecule has 1 aliphatic heterocycles. The van der Waals surface area contributed by atoms with Crippen LogP contribution in [0.4, 0.5) is 5.69 Å². The van der Waals surface area contributed by atoms with Gasteiger partial charge in [0.1, 0.15) is 0 Å². The minimum Gasteiger partial charge on any atom is -0.478 e. The number of carbonyl (C=O) groups is 2. The molecule has 0 saturated heterocycles. The second-order valence-corrected chi connectivity index (χ2v) is 4.29. The Kier molecular flexibility index (Phi) is 3.46. The van der Waals surface area contributed by atoms with Gasteiger partial charge in [-0.25, -0.2) is 4.79 Å². The van der Waals surface area contributed by atoms with Crippen molar-refractivity contribution in [2.24, 2.45) is 0 Å². The summed E-state index contributed by atoms with van der Waals surface area (Å²) in [6.07, 6.45) is 3.57. The van der Waals surface area contributed by atoms with E-state index in [1.165, 1.54) is 0 Å². The first-order chi connectivity index (χ1) is 8.63. The number of aromatic carboxylic acids is 1. The van der Waals surface area contributed by atoms with Gasteiger partial charge in [0.05, 0.1) is 5.56 Å². The molecule has 0 spiro atoms. The fourth-order valence-electron chi connectivity index (χ4n) is 2.22. The molecule has 18 heavy (non-hydrogen) atoms. The Morgan fingerprint density at radius 1 is 1.44 bits per heavy atom. The van der Waals surface area contributed by atoms with Crippen LogP contribution in [0, 0.1) is 0 Å². The number of amides is 1. The fourth-order valence-corrected chi connectivity index (χ4v) is 2.22. The highest BCUT2D eigenvalue weighted by Crippen LogP contribution is 2.28. The summed E-state index contributed by atoms with van der Waals surface area (Å²) in [7, 11) is 0. The average molecular weight is 245 g/mol. The van der Waals surface area contributed by atoms with Crippen LogP contribution in [0.3, 0.4) is 0 Å². The minimum atomic E-state index is -0.938. The maximum absolute atomic E-state index is 11.9. The van der Waals surface area contributed by atoms with E-state index >= 15 is 0 Å². The Hall–Kier alpha value is -2.10. The first kappa shape index (κ1) is 12.4. The molecule has 0 aromatic heterocycles. The van der Waals surface area contributed by atoms with Crippen molar-refractivity contribution in [1.82, 2.24) is 0 Å². The number of anilines is 1. The number of aryl methyl sites for hydroxylation is 1. The van der Waals surface area contributed by atoms with Gasteiger partial charge in [0, 0.05) is 18.7 Å². The molecule has 0 fully saturated rings. The Labute approximate surface area is 106 Å². The molecule has 0 saturated carbocycles. The molecule has 94 valence electrons. The van der Waals surface area contributed by atoms with E-state index in [1.54, 1.807) is 29.2 Å². The zero-order valence-electron chi connectivity index (χ0n) is 10.1. The normalized spacial score (nSPS) is 13.9. The molecule has 0 aliphatic carbocycles. The van der Waals surface area contributed by atoms with E-state index in [-0.39, 0.29) is 11.5 Å². The molecule has 0 unspecified atom stereocenters. The van der Waals surface area contributed by atoms with Crippen molar-refractivity contribution < 1.29 is 14.7 Å². The van der Waals surface area contributed by atoms with E-state index in [2.05, 4.69) is 6.58 Å². The molecule has 0 bridgehead atoms. The Bertz CT molecular complexity index is 508. The van der Waals surface area contributed by atoms with Crippen molar-refractivity contribution in [3.05, 3.63) is 42.0 Å². The Balaban J connectivity index is 2.35. The zero-order chi connectivity index (χ0) is 13.1. The van der Waals surface area contributed by atoms with E-state index in [0.717, 1.165) is 24.1 Å². The lowest BCUT2D eigenvalue weighted by atomic mass is 9.99. The van der Waals surface area contributed by atoms with Gasteiger partial charge in [0.25, 0.3) is 0 Å². The SMILES string of the molecule is C=CCC(=O)N1CCCc2cc(C(=O)O)ccc21. The maximum Gasteiger partial charge on any atom is 0.335 e. The van der Waals surface area contributed by atoms with Crippen molar-refractivity contribution in [2.75, 3.05) is 11.4 Å². The number of nitrogens with zero attached hydrogens (tertiary/aromatic N) is 1. The van der Waals surface area contributed by atoms with Gasteiger partial charge < -0.3 is 10.0 Å². The number of carbonyl (C=O) groups excluding carboxylic acids is 1. The van der Waals surface area contributed by atoms with E-state index in [1.807, 2.05) is 0 Å². The van der Waals surface area contributed by atoms with Crippen LogP contribution < -0.4 is 4.90 Å². The third-order valence-electron chi connectivity index (χ3n) is 3.07. The van der Waals surface area contributed by atoms with Gasteiger partial charge in [0.2, 0.25) is 5.91 Å². The molecule has 1 N–H and O–H groups in total. The standard InChI is InChI=1S/C14H15NO3/c1-2-4-13(16)15-8-3-5-10-9-11(14(17)18)6-7-12(10)15/h2,6-7,9H,1,3-5,8H2,(H,17,18). The topological polar surface area (TPSA) is 57.6 Å². The van der Waals surface area contributed by atoms with Crippen molar-refractivity contribution in [3.8, 4) is 0 Å². The summed E-state index contributed by atoms with van der Waals surface area (Å²) >= 11 is 0. The number of benzene rings is 1. The predicted octanol–water partition coefficient (Wildman–Crippen LogP) is 2.24. The number of carboxylic acids is 1. The van der Waals surface area contributed by atoms with Crippen LogP contribution in [-0.2, 0) is 11.2 Å². The molecular weight excluding hydrogens is 230 g/mol. The summed E-state index contributed by atoms with van der Waals surface area (Å²) in [6, 6.07) is 4.92. The molecule has 1 heterocycles. The van der Waals surface area contributed by atoms with Crippen LogP contribution in [-0.4, -0.2) is 23.5 Å². The van der Waals surface area contributed by atoms with Crippen LogP contribution in [0.5, 0.6) is 0 Å². The second-order valence-electron chi connectivity index (χ2n) is 4.29. The average Bonchev–Trinajstić information content (AvgIpc) is 2.37. The molecule has 1 aliphatic rings. The summed E-state index contributed by atoms with van der Waals surface area (Å²) in [5.74, 6) is -0.929. The fraction of sp³-hybridized carbons (Fsp3) is 0.286. The summed E-state index contributed by atoms with van der Waals surface area (Å²) in [5, 5.41) is 8.95. The lowest BCUT2D eigenvalue weighted by Gasteiger charge is -2.29. The largest absolute Gasteiger partial charge is 0.478 e. The van der Waals surface area contributed by atoms with E-state index < -0.39 is 5.97 Å². The highest BCUT2D eigenvalue weighted by Gasteiger charge is 2.22. The quantitative estimate of drug-likeness (QED) is 0.831. The van der Waals surface area contributed by atoms with Crippen LogP contribution in [0.1, 0.15) is 28.8 Å². The first-order valence-corrected chi connectivity index (χ1v) is 5.91. The highest BCUT2D eigenvalue weighted by atomic mass is 16.4. The second kappa shape index (κ2) is 5.04. The van der Waals surface area contributed by atoms with E-state index in [0.29, 0.717) is 13.0 Å². The number of hydrogen-bond acceptors (Lipinski definition) is 2. The molecule has 0 atom stereocenters. The van der Waals surface area contributed by atoms with Crippen molar-refractivity contribution in [1.29, 1.82) is 0 Å². The molecule has 2 rings (SSSR count). The molecule has 1 amide bonds. The van der Waals surface area contributed by atoms with Crippen LogP contribution in [0.15, 0.2) is 30.9 Å². The Morgan fingerprint density at radius 2 is 2.22 bits per heavy atom. The van der Waals surface area contributed by atoms with Gasteiger partial charge in [-0.15, -0.1) is 6.58 Å². The summed E-state index contributed by atoms with van der Waals surface area (Å²) in [4.78, 5) is 24.5. The minimum absolute atomic E-state index is 0.00836. The lowest BCUT2D eigenvalue weighted by Crippen LogP contribution is -2.35. The zero-order valence-corrected chi connectivity index (χ0v) is 10.1. The summed E-state index contributed by atoms with van der Waals surface area (Å²) in [5.41, 5.74) is 2.03. The van der Waals surface area contributed by atoms with Crippen LogP contribution >= 0.6 is 0 Å². The molecule has 1 aromatic carbocycles. The van der Waals surface area contributed by atoms with Gasteiger partial charge in [-0.2, -0.15) is 0 Å². The monoisotopic (exact) mass is 245 g/mol. The number of fused-ring (bicyclic) bond motifs is 1. The third kappa shape index (κ3) is 2.27. The first-order valence-electron chi connectivity index (χ1n) is 5.91. The summed E-state index contributed by atoms with van der Waals surface area (Å²) in [6.45, 7) is 4.25. The van der Waals surface area contributed by atoms with Gasteiger partial charge in [0.15, 0.2) is 0 Å². The van der Waals surface area contributed by atoms with Gasteiger partial charge in [-0.3, -0.25) is 4.79 Å². The smallest absolute Gasteiger partial charge is 0.335 e. The van der Waals surface area contributed by atoms with Crippen LogP contribution in [0.25, 0.3) is 0 Å². The molecule has 1 aromatic rings. The van der Waals surface area contributed by atoms with Crippen LogP contribution in [0.2, 0.25) is 0 Å². The molecular formula is C14H15NO3.